The first-order chi connectivity index (χ1) is 10.5. The summed E-state index contributed by atoms with van der Waals surface area (Å²) in [6, 6.07) is 9.90. The van der Waals surface area contributed by atoms with Crippen LogP contribution in [0, 0.1) is 13.8 Å². The molecular weight excluding hydrogens is 300 g/mol. The third-order valence-electron chi connectivity index (χ3n) is 3.68. The molecule has 22 heavy (non-hydrogen) atoms. The van der Waals surface area contributed by atoms with Crippen molar-refractivity contribution in [3.63, 3.8) is 0 Å². The summed E-state index contributed by atoms with van der Waals surface area (Å²) in [5.74, 6) is 0.465. The van der Waals surface area contributed by atoms with E-state index in [1.807, 2.05) is 6.07 Å². The van der Waals surface area contributed by atoms with E-state index >= 15 is 0 Å². The first-order valence-electron chi connectivity index (χ1n) is 7.09. The summed E-state index contributed by atoms with van der Waals surface area (Å²) < 4.78 is 5.42. The summed E-state index contributed by atoms with van der Waals surface area (Å²) in [5, 5.41) is 6.63. The molecule has 0 atom stereocenters. The summed E-state index contributed by atoms with van der Waals surface area (Å²) in [4.78, 5) is 11.3. The molecule has 114 valence electrons. The number of halogens is 1. The highest BCUT2D eigenvalue weighted by Gasteiger charge is 2.18. The minimum Gasteiger partial charge on any atom is -0.482 e. The number of hydrogen-bond donors (Lipinski definition) is 2. The molecule has 3 rings (SSSR count). The quantitative estimate of drug-likeness (QED) is 0.903. The van der Waals surface area contributed by atoms with Crippen molar-refractivity contribution in [2.24, 2.45) is 0 Å². The van der Waals surface area contributed by atoms with E-state index in [4.69, 9.17) is 16.3 Å². The molecule has 5 heteroatoms. The van der Waals surface area contributed by atoms with Crippen molar-refractivity contribution in [2.75, 3.05) is 17.2 Å². The zero-order valence-electron chi connectivity index (χ0n) is 12.5. The highest BCUT2D eigenvalue weighted by atomic mass is 35.5. The Labute approximate surface area is 134 Å². The highest BCUT2D eigenvalue weighted by Crippen LogP contribution is 2.36. The van der Waals surface area contributed by atoms with Crippen molar-refractivity contribution >= 4 is 28.9 Å². The van der Waals surface area contributed by atoms with E-state index in [1.165, 1.54) is 16.7 Å². The van der Waals surface area contributed by atoms with Gasteiger partial charge in [-0.25, -0.2) is 0 Å². The van der Waals surface area contributed by atoms with Gasteiger partial charge in [0.15, 0.2) is 6.61 Å². The van der Waals surface area contributed by atoms with E-state index in [2.05, 4.69) is 42.7 Å². The molecule has 2 N–H and O–H groups in total. The number of rotatable bonds is 3. The van der Waals surface area contributed by atoms with Crippen LogP contribution in [-0.2, 0) is 11.3 Å². The molecule has 0 saturated carbocycles. The Balaban J connectivity index is 1.81. The van der Waals surface area contributed by atoms with Gasteiger partial charge in [-0.3, -0.25) is 4.79 Å². The summed E-state index contributed by atoms with van der Waals surface area (Å²) >= 11 is 6.28. The van der Waals surface area contributed by atoms with Gasteiger partial charge in [-0.05, 0) is 31.0 Å². The van der Waals surface area contributed by atoms with E-state index in [9.17, 15) is 4.79 Å². The van der Waals surface area contributed by atoms with Crippen molar-refractivity contribution in [3.05, 3.63) is 52.0 Å². The molecule has 1 heterocycles. The molecule has 1 aliphatic heterocycles. The predicted octanol–water partition coefficient (Wildman–Crippen LogP) is 3.90. The number of fused-ring (bicyclic) bond motifs is 1. The highest BCUT2D eigenvalue weighted by molar-refractivity contribution is 6.33. The van der Waals surface area contributed by atoms with Crippen LogP contribution in [0.15, 0.2) is 30.3 Å². The van der Waals surface area contributed by atoms with Gasteiger partial charge in [0, 0.05) is 12.6 Å². The average Bonchev–Trinajstić information content (AvgIpc) is 2.48. The molecule has 2 aromatic carbocycles. The van der Waals surface area contributed by atoms with Gasteiger partial charge in [-0.1, -0.05) is 35.4 Å². The van der Waals surface area contributed by atoms with Gasteiger partial charge in [-0.15, -0.1) is 0 Å². The zero-order valence-corrected chi connectivity index (χ0v) is 13.3. The molecule has 0 bridgehead atoms. The Kier molecular flexibility index (Phi) is 3.94. The number of ether oxygens (including phenoxy) is 1. The maximum atomic E-state index is 11.3. The molecule has 0 spiro atoms. The van der Waals surface area contributed by atoms with E-state index in [0.717, 1.165) is 5.69 Å². The second kappa shape index (κ2) is 5.89. The Bertz CT molecular complexity index is 744. The summed E-state index contributed by atoms with van der Waals surface area (Å²) in [5.41, 5.74) is 5.08. The Hall–Kier alpha value is -2.20. The van der Waals surface area contributed by atoms with Gasteiger partial charge in [0.25, 0.3) is 5.91 Å². The van der Waals surface area contributed by atoms with Crippen LogP contribution in [0.5, 0.6) is 5.75 Å². The molecule has 2 aromatic rings. The lowest BCUT2D eigenvalue weighted by Gasteiger charge is -2.20. The largest absolute Gasteiger partial charge is 0.482 e. The lowest BCUT2D eigenvalue weighted by molar-refractivity contribution is -0.118. The Morgan fingerprint density at radius 2 is 2.09 bits per heavy atom. The van der Waals surface area contributed by atoms with Crippen LogP contribution in [0.25, 0.3) is 0 Å². The number of benzene rings is 2. The second-order valence-corrected chi connectivity index (χ2v) is 5.86. The number of carbonyl (C=O) groups is 1. The van der Waals surface area contributed by atoms with Crippen molar-refractivity contribution < 1.29 is 9.53 Å². The number of nitrogens with one attached hydrogen (secondary N) is 2. The van der Waals surface area contributed by atoms with Gasteiger partial charge in [0.05, 0.1) is 16.4 Å². The van der Waals surface area contributed by atoms with Gasteiger partial charge >= 0.3 is 0 Å². The molecule has 0 radical (unpaired) electrons. The fourth-order valence-corrected chi connectivity index (χ4v) is 2.65. The van der Waals surface area contributed by atoms with Crippen molar-refractivity contribution in [1.29, 1.82) is 0 Å². The molecular formula is C17H17ClN2O2. The Morgan fingerprint density at radius 3 is 2.91 bits per heavy atom. The van der Waals surface area contributed by atoms with E-state index < -0.39 is 0 Å². The fourth-order valence-electron chi connectivity index (χ4n) is 2.42. The van der Waals surface area contributed by atoms with Crippen LogP contribution in [-0.4, -0.2) is 12.5 Å². The maximum Gasteiger partial charge on any atom is 0.262 e. The smallest absolute Gasteiger partial charge is 0.262 e. The van der Waals surface area contributed by atoms with Crippen molar-refractivity contribution in [1.82, 2.24) is 0 Å². The molecule has 1 amide bonds. The minimum absolute atomic E-state index is 0.0328. The number of carbonyl (C=O) groups excluding carboxylic acids is 1. The summed E-state index contributed by atoms with van der Waals surface area (Å²) in [6.45, 7) is 4.87. The zero-order chi connectivity index (χ0) is 15.7. The average molecular weight is 317 g/mol. The number of anilines is 2. The standard InChI is InChI=1S/C17H17ClN2O2/c1-10-3-4-11(2)12(5-10)8-19-14-7-16-15(6-13(14)18)20-17(21)9-22-16/h3-7,19H,8-9H2,1-2H3,(H,20,21). The lowest BCUT2D eigenvalue weighted by atomic mass is 10.1. The van der Waals surface area contributed by atoms with Crippen LogP contribution in [0.1, 0.15) is 16.7 Å². The first kappa shape index (κ1) is 14.7. The van der Waals surface area contributed by atoms with Crippen molar-refractivity contribution in [3.8, 4) is 5.75 Å². The van der Waals surface area contributed by atoms with Crippen LogP contribution in [0.3, 0.4) is 0 Å². The van der Waals surface area contributed by atoms with Crippen LogP contribution < -0.4 is 15.4 Å². The van der Waals surface area contributed by atoms with Gasteiger partial charge in [0.2, 0.25) is 0 Å². The summed E-state index contributed by atoms with van der Waals surface area (Å²) in [7, 11) is 0. The van der Waals surface area contributed by atoms with Gasteiger partial charge in [-0.2, -0.15) is 0 Å². The first-order valence-corrected chi connectivity index (χ1v) is 7.47. The van der Waals surface area contributed by atoms with Gasteiger partial charge < -0.3 is 15.4 Å². The van der Waals surface area contributed by atoms with Crippen LogP contribution in [0.4, 0.5) is 11.4 Å². The fraction of sp³-hybridized carbons (Fsp3) is 0.235. The number of amides is 1. The topological polar surface area (TPSA) is 50.4 Å². The number of hydrogen-bond acceptors (Lipinski definition) is 3. The molecule has 0 aliphatic carbocycles. The SMILES string of the molecule is Cc1ccc(C)c(CNc2cc3c(cc2Cl)NC(=O)CO3)c1. The molecule has 4 nitrogen and oxygen atoms in total. The predicted molar refractivity (Wildman–Crippen MR) is 88.8 cm³/mol. The molecule has 0 saturated heterocycles. The third kappa shape index (κ3) is 3.02. The normalized spacial score (nSPS) is 13.1. The third-order valence-corrected chi connectivity index (χ3v) is 3.99. The minimum atomic E-state index is -0.167. The van der Waals surface area contributed by atoms with E-state index in [-0.39, 0.29) is 12.5 Å². The second-order valence-electron chi connectivity index (χ2n) is 5.45. The van der Waals surface area contributed by atoms with Crippen LogP contribution >= 0.6 is 11.6 Å². The molecule has 1 aliphatic rings. The molecule has 0 aromatic heterocycles. The van der Waals surface area contributed by atoms with E-state index in [1.54, 1.807) is 6.07 Å². The van der Waals surface area contributed by atoms with Crippen molar-refractivity contribution in [2.45, 2.75) is 20.4 Å². The summed E-state index contributed by atoms with van der Waals surface area (Å²) in [6.07, 6.45) is 0. The van der Waals surface area contributed by atoms with Crippen LogP contribution in [0.2, 0.25) is 5.02 Å². The monoisotopic (exact) mass is 316 g/mol. The van der Waals surface area contributed by atoms with Gasteiger partial charge in [0.1, 0.15) is 5.75 Å². The number of aryl methyl sites for hydroxylation is 2. The van der Waals surface area contributed by atoms with E-state index in [0.29, 0.717) is 23.0 Å². The molecule has 0 fully saturated rings. The Morgan fingerprint density at radius 1 is 1.27 bits per heavy atom. The lowest BCUT2D eigenvalue weighted by Crippen LogP contribution is -2.25. The molecule has 0 unspecified atom stereocenters. The maximum absolute atomic E-state index is 11.3.